The number of hydrogen-bond acceptors (Lipinski definition) is 3. The van der Waals surface area contributed by atoms with Gasteiger partial charge < -0.3 is 4.74 Å². The Morgan fingerprint density at radius 1 is 1.29 bits per heavy atom. The lowest BCUT2D eigenvalue weighted by Gasteiger charge is -2.12. The molecule has 1 aromatic rings. The van der Waals surface area contributed by atoms with E-state index in [0.29, 0.717) is 12.7 Å². The van der Waals surface area contributed by atoms with Gasteiger partial charge in [0.2, 0.25) is 0 Å². The minimum atomic E-state index is -2.12. The van der Waals surface area contributed by atoms with Crippen molar-refractivity contribution in [1.29, 1.82) is 5.26 Å². The van der Waals surface area contributed by atoms with Gasteiger partial charge in [-0.25, -0.2) is 4.79 Å². The number of carbonyl (C=O) groups excluding carboxylic acids is 1. The highest BCUT2D eigenvalue weighted by molar-refractivity contribution is 14.1. The molecule has 0 aliphatic heterocycles. The molecular weight excluding hydrogens is 514 g/mol. The molecule has 1 rings (SSSR count). The van der Waals surface area contributed by atoms with Crippen LogP contribution in [0, 0.1) is 18.5 Å². The van der Waals surface area contributed by atoms with E-state index in [4.69, 9.17) is 44.8 Å². The Morgan fingerprint density at radius 3 is 2.12 bits per heavy atom. The molecule has 0 aliphatic rings. The van der Waals surface area contributed by atoms with Crippen LogP contribution in [0.1, 0.15) is 5.56 Å². The highest BCUT2D eigenvalue weighted by Gasteiger charge is 2.34. The molecule has 0 fully saturated rings. The lowest BCUT2D eigenvalue weighted by molar-refractivity contribution is -0.133. The average molecular weight is 516 g/mol. The molecule has 0 amide bonds. The van der Waals surface area contributed by atoms with Crippen molar-refractivity contribution in [3.8, 4) is 11.8 Å². The van der Waals surface area contributed by atoms with Gasteiger partial charge in [-0.2, -0.15) is 5.26 Å². The summed E-state index contributed by atoms with van der Waals surface area (Å²) in [6.45, 7) is 0. The van der Waals surface area contributed by atoms with Crippen LogP contribution in [0.15, 0.2) is 12.1 Å². The van der Waals surface area contributed by atoms with Gasteiger partial charge in [-0.3, -0.25) is 0 Å². The minimum Gasteiger partial charge on any atom is -0.421 e. The molecule has 0 N–H and O–H groups in total. The largest absolute Gasteiger partial charge is 0.421 e. The van der Waals surface area contributed by atoms with Gasteiger partial charge in [0.05, 0.1) is 18.8 Å². The zero-order chi connectivity index (χ0) is 13.2. The smallest absolute Gasteiger partial charge is 0.364 e. The number of alkyl halides is 3. The number of rotatable bonds is 1. The molecule has 0 atom stereocenters. The third kappa shape index (κ3) is 4.28. The minimum absolute atomic E-state index is 0.279. The van der Waals surface area contributed by atoms with Crippen molar-refractivity contribution in [2.75, 3.05) is 0 Å². The highest BCUT2D eigenvalue weighted by atomic mass is 127. The van der Waals surface area contributed by atoms with Crippen molar-refractivity contribution in [2.45, 2.75) is 3.79 Å². The van der Waals surface area contributed by atoms with Crippen molar-refractivity contribution >= 4 is 86.0 Å². The number of nitriles is 1. The summed E-state index contributed by atoms with van der Waals surface area (Å²) in [5.74, 6) is -0.704. The first-order valence-corrected chi connectivity index (χ1v) is 7.23. The molecule has 0 bridgehead atoms. The first-order valence-electron chi connectivity index (χ1n) is 3.94. The van der Waals surface area contributed by atoms with E-state index in [-0.39, 0.29) is 5.75 Å². The fraction of sp³-hybridized carbons (Fsp3) is 0.111. The summed E-state index contributed by atoms with van der Waals surface area (Å²) in [6, 6.07) is 5.14. The normalized spacial score (nSPS) is 10.8. The molecular formula is C9H2Cl3I2NO2. The Kier molecular flexibility index (Phi) is 5.59. The molecule has 0 aliphatic carbocycles. The Hall–Kier alpha value is 0.510. The van der Waals surface area contributed by atoms with Crippen LogP contribution in [-0.4, -0.2) is 9.76 Å². The zero-order valence-electron chi connectivity index (χ0n) is 7.81. The van der Waals surface area contributed by atoms with Gasteiger partial charge in [-0.15, -0.1) is 0 Å². The van der Waals surface area contributed by atoms with Crippen molar-refractivity contribution < 1.29 is 9.53 Å². The summed E-state index contributed by atoms with van der Waals surface area (Å²) < 4.78 is 4.04. The second-order valence-corrected chi connectivity index (χ2v) is 7.37. The van der Waals surface area contributed by atoms with Crippen molar-refractivity contribution in [2.24, 2.45) is 0 Å². The van der Waals surface area contributed by atoms with Crippen molar-refractivity contribution in [3.63, 3.8) is 0 Å². The first-order chi connectivity index (χ1) is 7.75. The number of halogens is 5. The number of ether oxygens (including phenoxy) is 1. The predicted molar refractivity (Wildman–Crippen MR) is 82.5 cm³/mol. The van der Waals surface area contributed by atoms with E-state index in [1.54, 1.807) is 12.1 Å². The molecule has 3 nitrogen and oxygen atoms in total. The van der Waals surface area contributed by atoms with Gasteiger partial charge in [0, 0.05) is 0 Å². The molecule has 1 aromatic carbocycles. The van der Waals surface area contributed by atoms with Crippen LogP contribution in [0.25, 0.3) is 0 Å². The predicted octanol–water partition coefficient (Wildman–Crippen LogP) is 4.04. The standard InChI is InChI=1S/C9H2Cl3I2NO2/c10-9(11,12)8(16)17-7-5(13)1-4(3-15)2-6(7)14/h1-2H. The molecule has 8 heteroatoms. The fourth-order valence-electron chi connectivity index (χ4n) is 0.873. The first kappa shape index (κ1) is 15.6. The number of esters is 1. The van der Waals surface area contributed by atoms with Crippen LogP contribution in [0.3, 0.4) is 0 Å². The van der Waals surface area contributed by atoms with E-state index in [2.05, 4.69) is 0 Å². The molecule has 0 saturated carbocycles. The SMILES string of the molecule is N#Cc1cc(I)c(OC(=O)C(Cl)(Cl)Cl)c(I)c1. The van der Waals surface area contributed by atoms with E-state index >= 15 is 0 Å². The highest BCUT2D eigenvalue weighted by Crippen LogP contribution is 2.33. The van der Waals surface area contributed by atoms with Crippen LogP contribution in [0.5, 0.6) is 5.75 Å². The van der Waals surface area contributed by atoms with Crippen molar-refractivity contribution in [3.05, 3.63) is 24.8 Å². The molecule has 0 heterocycles. The second-order valence-electron chi connectivity index (χ2n) is 2.77. The molecule has 90 valence electrons. The molecule has 0 unspecified atom stereocenters. The Balaban J connectivity index is 3.10. The summed E-state index contributed by atoms with van der Waals surface area (Å²) in [5, 5.41) is 8.76. The lowest BCUT2D eigenvalue weighted by atomic mass is 10.2. The Bertz CT molecular complexity index is 485. The number of nitrogens with zero attached hydrogens (tertiary/aromatic N) is 1. The maximum Gasteiger partial charge on any atom is 0.364 e. The van der Waals surface area contributed by atoms with Crippen LogP contribution in [0.4, 0.5) is 0 Å². The molecule has 0 saturated heterocycles. The summed E-state index contributed by atoms with van der Waals surface area (Å²) in [4.78, 5) is 11.4. The maximum atomic E-state index is 11.4. The molecule has 0 radical (unpaired) electrons. The van der Waals surface area contributed by atoms with Gasteiger partial charge in [-0.1, -0.05) is 34.8 Å². The summed E-state index contributed by atoms with van der Waals surface area (Å²) in [6.07, 6.45) is 0. The molecule has 0 aromatic heterocycles. The summed E-state index contributed by atoms with van der Waals surface area (Å²) in [7, 11) is 0. The van der Waals surface area contributed by atoms with E-state index in [9.17, 15) is 4.79 Å². The number of benzene rings is 1. The molecule has 17 heavy (non-hydrogen) atoms. The van der Waals surface area contributed by atoms with E-state index in [0.717, 1.165) is 0 Å². The van der Waals surface area contributed by atoms with E-state index in [1.807, 2.05) is 51.3 Å². The van der Waals surface area contributed by atoms with Gasteiger partial charge >= 0.3 is 5.97 Å². The summed E-state index contributed by atoms with van der Waals surface area (Å²) >= 11 is 20.1. The second kappa shape index (κ2) is 6.10. The van der Waals surface area contributed by atoms with Gasteiger partial charge in [-0.05, 0) is 57.3 Å². The monoisotopic (exact) mass is 515 g/mol. The topological polar surface area (TPSA) is 50.1 Å². The average Bonchev–Trinajstić information content (AvgIpc) is 2.21. The van der Waals surface area contributed by atoms with Crippen LogP contribution < -0.4 is 4.74 Å². The van der Waals surface area contributed by atoms with E-state index < -0.39 is 9.76 Å². The van der Waals surface area contributed by atoms with Gasteiger partial charge in [0.15, 0.2) is 5.75 Å². The van der Waals surface area contributed by atoms with Gasteiger partial charge in [0.1, 0.15) is 0 Å². The van der Waals surface area contributed by atoms with Crippen LogP contribution in [-0.2, 0) is 4.79 Å². The van der Waals surface area contributed by atoms with Crippen molar-refractivity contribution in [1.82, 2.24) is 0 Å². The summed E-state index contributed by atoms with van der Waals surface area (Å²) in [5.41, 5.74) is 0.465. The van der Waals surface area contributed by atoms with Crippen LogP contribution >= 0.6 is 80.0 Å². The van der Waals surface area contributed by atoms with E-state index in [1.165, 1.54) is 0 Å². The lowest BCUT2D eigenvalue weighted by Crippen LogP contribution is -2.25. The van der Waals surface area contributed by atoms with Crippen LogP contribution in [0.2, 0.25) is 0 Å². The Morgan fingerprint density at radius 2 is 1.76 bits per heavy atom. The third-order valence-corrected chi connectivity index (χ3v) is 3.62. The molecule has 0 spiro atoms. The van der Waals surface area contributed by atoms with Gasteiger partial charge in [0.25, 0.3) is 3.79 Å². The third-order valence-electron chi connectivity index (χ3n) is 1.55. The fourth-order valence-corrected chi connectivity index (χ4v) is 2.98. The maximum absolute atomic E-state index is 11.4. The quantitative estimate of drug-likeness (QED) is 0.245. The Labute approximate surface area is 140 Å². The number of hydrogen-bond donors (Lipinski definition) is 0. The zero-order valence-corrected chi connectivity index (χ0v) is 14.4. The number of carbonyl (C=O) groups is 1.